The van der Waals surface area contributed by atoms with Gasteiger partial charge in [-0.25, -0.2) is 13.2 Å². The first kappa shape index (κ1) is 12.6. The second-order valence-electron chi connectivity index (χ2n) is 3.39. The standard InChI is InChI=1S/C11H9NO4S2/c13-11(14)9-6-7-17-10(9)12-18(15,16)8-4-2-1-3-5-8/h1-7,12H,(H,13,14). The minimum Gasteiger partial charge on any atom is -0.478 e. The number of carboxylic acids is 1. The average Bonchev–Trinajstić information content (AvgIpc) is 2.78. The molecule has 0 saturated carbocycles. The molecule has 0 spiro atoms. The van der Waals surface area contributed by atoms with Crippen LogP contribution in [0.15, 0.2) is 46.7 Å². The number of thiophene rings is 1. The largest absolute Gasteiger partial charge is 0.478 e. The Bertz CT molecular complexity index is 661. The van der Waals surface area contributed by atoms with Crippen molar-refractivity contribution >= 4 is 32.3 Å². The zero-order valence-corrected chi connectivity index (χ0v) is 10.7. The lowest BCUT2D eigenvalue weighted by Gasteiger charge is -2.06. The maximum atomic E-state index is 12.0. The van der Waals surface area contributed by atoms with Gasteiger partial charge in [-0.3, -0.25) is 4.72 Å². The number of hydrogen-bond donors (Lipinski definition) is 2. The van der Waals surface area contributed by atoms with Gasteiger partial charge in [-0.1, -0.05) is 18.2 Å². The molecule has 7 heteroatoms. The summed E-state index contributed by atoms with van der Waals surface area (Å²) in [4.78, 5) is 11.0. The molecule has 0 unspecified atom stereocenters. The average molecular weight is 283 g/mol. The zero-order chi connectivity index (χ0) is 13.2. The highest BCUT2D eigenvalue weighted by molar-refractivity contribution is 7.93. The molecule has 0 amide bonds. The second-order valence-corrected chi connectivity index (χ2v) is 5.99. The lowest BCUT2D eigenvalue weighted by atomic mass is 10.3. The number of nitrogens with one attached hydrogen (secondary N) is 1. The van der Waals surface area contributed by atoms with Crippen molar-refractivity contribution in [3.63, 3.8) is 0 Å². The Morgan fingerprint density at radius 1 is 1.17 bits per heavy atom. The SMILES string of the molecule is O=C(O)c1ccsc1NS(=O)(=O)c1ccccc1. The summed E-state index contributed by atoms with van der Waals surface area (Å²) >= 11 is 1.03. The minimum absolute atomic E-state index is 0.0560. The van der Waals surface area contributed by atoms with Crippen molar-refractivity contribution in [1.29, 1.82) is 0 Å². The number of sulfonamides is 1. The van der Waals surface area contributed by atoms with Crippen molar-refractivity contribution in [3.05, 3.63) is 47.3 Å². The Labute approximate surface area is 108 Å². The van der Waals surface area contributed by atoms with Crippen LogP contribution in [0.25, 0.3) is 0 Å². The minimum atomic E-state index is -3.74. The van der Waals surface area contributed by atoms with Gasteiger partial charge < -0.3 is 5.11 Å². The van der Waals surface area contributed by atoms with Crippen molar-refractivity contribution in [3.8, 4) is 0 Å². The first-order valence-electron chi connectivity index (χ1n) is 4.89. The van der Waals surface area contributed by atoms with Crippen molar-refractivity contribution in [2.45, 2.75) is 4.90 Å². The predicted octanol–water partition coefficient (Wildman–Crippen LogP) is 2.25. The molecule has 2 rings (SSSR count). The molecular weight excluding hydrogens is 274 g/mol. The monoisotopic (exact) mass is 283 g/mol. The number of benzene rings is 1. The van der Waals surface area contributed by atoms with Crippen molar-refractivity contribution in [1.82, 2.24) is 0 Å². The van der Waals surface area contributed by atoms with E-state index in [0.717, 1.165) is 11.3 Å². The molecule has 1 heterocycles. The second kappa shape index (κ2) is 4.79. The summed E-state index contributed by atoms with van der Waals surface area (Å²) in [6.45, 7) is 0. The molecule has 94 valence electrons. The van der Waals surface area contributed by atoms with Crippen LogP contribution in [-0.4, -0.2) is 19.5 Å². The Hall–Kier alpha value is -1.86. The Morgan fingerprint density at radius 2 is 1.83 bits per heavy atom. The summed E-state index contributed by atoms with van der Waals surface area (Å²) in [7, 11) is -3.74. The van der Waals surface area contributed by atoms with Gasteiger partial charge in [0.15, 0.2) is 0 Å². The van der Waals surface area contributed by atoms with E-state index >= 15 is 0 Å². The fourth-order valence-electron chi connectivity index (χ4n) is 1.34. The maximum Gasteiger partial charge on any atom is 0.338 e. The summed E-state index contributed by atoms with van der Waals surface area (Å²) in [5, 5.41) is 10.5. The number of carbonyl (C=O) groups is 1. The fourth-order valence-corrected chi connectivity index (χ4v) is 3.47. The van der Waals surface area contributed by atoms with Gasteiger partial charge in [0.05, 0.1) is 10.5 Å². The number of anilines is 1. The van der Waals surface area contributed by atoms with E-state index in [-0.39, 0.29) is 15.5 Å². The van der Waals surface area contributed by atoms with Crippen LogP contribution in [0, 0.1) is 0 Å². The number of aromatic carboxylic acids is 1. The van der Waals surface area contributed by atoms with E-state index in [1.807, 2.05) is 0 Å². The molecule has 0 aliphatic rings. The lowest BCUT2D eigenvalue weighted by Crippen LogP contribution is -2.13. The van der Waals surface area contributed by atoms with E-state index in [0.29, 0.717) is 0 Å². The summed E-state index contributed by atoms with van der Waals surface area (Å²) < 4.78 is 26.2. The number of hydrogen-bond acceptors (Lipinski definition) is 4. The third kappa shape index (κ3) is 2.52. The highest BCUT2D eigenvalue weighted by atomic mass is 32.2. The van der Waals surface area contributed by atoms with Gasteiger partial charge in [-0.05, 0) is 23.6 Å². The van der Waals surface area contributed by atoms with E-state index < -0.39 is 16.0 Å². The molecule has 0 fully saturated rings. The van der Waals surface area contributed by atoms with Crippen LogP contribution in [-0.2, 0) is 10.0 Å². The van der Waals surface area contributed by atoms with Gasteiger partial charge in [0, 0.05) is 0 Å². The van der Waals surface area contributed by atoms with Gasteiger partial charge in [-0.2, -0.15) is 0 Å². The Balaban J connectivity index is 2.34. The molecule has 0 aliphatic heterocycles. The molecular formula is C11H9NO4S2. The third-order valence-corrected chi connectivity index (χ3v) is 4.50. The van der Waals surface area contributed by atoms with E-state index in [4.69, 9.17) is 5.11 Å². The van der Waals surface area contributed by atoms with Crippen LogP contribution in [0.4, 0.5) is 5.00 Å². The first-order chi connectivity index (χ1) is 8.50. The summed E-state index contributed by atoms with van der Waals surface area (Å²) in [6.07, 6.45) is 0. The third-order valence-electron chi connectivity index (χ3n) is 2.18. The molecule has 1 aromatic carbocycles. The van der Waals surface area contributed by atoms with Crippen molar-refractivity contribution < 1.29 is 18.3 Å². The molecule has 5 nitrogen and oxygen atoms in total. The quantitative estimate of drug-likeness (QED) is 0.901. The van der Waals surface area contributed by atoms with E-state index in [9.17, 15) is 13.2 Å². The van der Waals surface area contributed by atoms with Gasteiger partial charge >= 0.3 is 5.97 Å². The van der Waals surface area contributed by atoms with E-state index in [1.165, 1.54) is 23.6 Å². The molecule has 18 heavy (non-hydrogen) atoms. The van der Waals surface area contributed by atoms with Crippen LogP contribution in [0.1, 0.15) is 10.4 Å². The summed E-state index contributed by atoms with van der Waals surface area (Å²) in [5.41, 5.74) is -0.0560. The predicted molar refractivity (Wildman–Crippen MR) is 68.5 cm³/mol. The van der Waals surface area contributed by atoms with Gasteiger partial charge in [0.2, 0.25) is 0 Å². The molecule has 0 radical (unpaired) electrons. The van der Waals surface area contributed by atoms with Crippen molar-refractivity contribution in [2.24, 2.45) is 0 Å². The molecule has 0 aliphatic carbocycles. The number of rotatable bonds is 4. The van der Waals surface area contributed by atoms with Crippen LogP contribution in [0.3, 0.4) is 0 Å². The maximum absolute atomic E-state index is 12.0. The number of carboxylic acid groups (broad SMARTS) is 1. The van der Waals surface area contributed by atoms with Crippen LogP contribution in [0.2, 0.25) is 0 Å². The molecule has 0 atom stereocenters. The van der Waals surface area contributed by atoms with Gasteiger partial charge in [0.1, 0.15) is 5.00 Å². The van der Waals surface area contributed by atoms with Crippen molar-refractivity contribution in [2.75, 3.05) is 4.72 Å². The van der Waals surface area contributed by atoms with E-state index in [1.54, 1.807) is 18.2 Å². The lowest BCUT2D eigenvalue weighted by molar-refractivity contribution is 0.0698. The normalized spacial score (nSPS) is 11.1. The first-order valence-corrected chi connectivity index (χ1v) is 7.25. The van der Waals surface area contributed by atoms with Crippen LogP contribution in [0.5, 0.6) is 0 Å². The van der Waals surface area contributed by atoms with Crippen LogP contribution < -0.4 is 4.72 Å². The topological polar surface area (TPSA) is 83.5 Å². The molecule has 2 aromatic rings. The van der Waals surface area contributed by atoms with Gasteiger partial charge in [-0.15, -0.1) is 11.3 Å². The summed E-state index contributed by atoms with van der Waals surface area (Å²) in [6, 6.07) is 9.14. The zero-order valence-electron chi connectivity index (χ0n) is 9.03. The van der Waals surface area contributed by atoms with E-state index in [2.05, 4.69) is 4.72 Å². The highest BCUT2D eigenvalue weighted by Crippen LogP contribution is 2.26. The van der Waals surface area contributed by atoms with Gasteiger partial charge in [0.25, 0.3) is 10.0 Å². The smallest absolute Gasteiger partial charge is 0.338 e. The Morgan fingerprint density at radius 3 is 2.44 bits per heavy atom. The molecule has 1 aromatic heterocycles. The molecule has 2 N–H and O–H groups in total. The molecule has 0 bridgehead atoms. The highest BCUT2D eigenvalue weighted by Gasteiger charge is 2.19. The Kier molecular flexibility index (Phi) is 3.35. The fraction of sp³-hybridized carbons (Fsp3) is 0. The summed E-state index contributed by atoms with van der Waals surface area (Å²) in [5.74, 6) is -1.16. The van der Waals surface area contributed by atoms with Crippen LogP contribution >= 0.6 is 11.3 Å². The molecule has 0 saturated heterocycles.